The Kier molecular flexibility index (Phi) is 5.02. The van der Waals surface area contributed by atoms with Crippen LogP contribution in [0.4, 0.5) is 11.4 Å². The molecule has 0 aliphatic carbocycles. The van der Waals surface area contributed by atoms with Gasteiger partial charge in [-0.1, -0.05) is 35.9 Å². The number of amides is 2. The topological polar surface area (TPSA) is 43.9 Å². The SMILES string of the molecule is CC(=O)N1c2ccccc2C[C@@H]1C(=O)N1CCN(c2cc(Cl)ccc2C)CC1. The van der Waals surface area contributed by atoms with Crippen LogP contribution in [0.1, 0.15) is 18.1 Å². The molecule has 0 bridgehead atoms. The van der Waals surface area contributed by atoms with Gasteiger partial charge < -0.3 is 9.80 Å². The van der Waals surface area contributed by atoms with Gasteiger partial charge in [-0.15, -0.1) is 0 Å². The smallest absolute Gasteiger partial charge is 0.246 e. The summed E-state index contributed by atoms with van der Waals surface area (Å²) in [6, 6.07) is 13.3. The van der Waals surface area contributed by atoms with Gasteiger partial charge in [-0.05, 0) is 36.2 Å². The molecule has 5 nitrogen and oxygen atoms in total. The predicted molar refractivity (Wildman–Crippen MR) is 112 cm³/mol. The Labute approximate surface area is 170 Å². The average molecular weight is 398 g/mol. The van der Waals surface area contributed by atoms with Gasteiger partial charge in [0.15, 0.2) is 0 Å². The quantitative estimate of drug-likeness (QED) is 0.781. The van der Waals surface area contributed by atoms with E-state index in [1.54, 1.807) is 4.90 Å². The molecule has 2 amide bonds. The molecular weight excluding hydrogens is 374 g/mol. The molecule has 0 aromatic heterocycles. The lowest BCUT2D eigenvalue weighted by atomic mass is 10.1. The van der Waals surface area contributed by atoms with Gasteiger partial charge in [-0.2, -0.15) is 0 Å². The fraction of sp³-hybridized carbons (Fsp3) is 0.364. The minimum Gasteiger partial charge on any atom is -0.368 e. The Bertz CT molecular complexity index is 922. The number of benzene rings is 2. The molecule has 0 saturated carbocycles. The number of halogens is 1. The van der Waals surface area contributed by atoms with Crippen LogP contribution in [0.25, 0.3) is 0 Å². The first kappa shape index (κ1) is 18.8. The fourth-order valence-corrected chi connectivity index (χ4v) is 4.44. The van der Waals surface area contributed by atoms with Crippen LogP contribution in [0.2, 0.25) is 5.02 Å². The van der Waals surface area contributed by atoms with Crippen molar-refractivity contribution >= 4 is 34.8 Å². The lowest BCUT2D eigenvalue weighted by Gasteiger charge is -2.38. The molecule has 1 atom stereocenters. The first-order valence-corrected chi connectivity index (χ1v) is 10.0. The number of anilines is 2. The van der Waals surface area contributed by atoms with Crippen LogP contribution >= 0.6 is 11.6 Å². The Morgan fingerprint density at radius 3 is 2.43 bits per heavy atom. The molecule has 1 fully saturated rings. The molecule has 146 valence electrons. The zero-order chi connectivity index (χ0) is 19.8. The fourth-order valence-electron chi connectivity index (χ4n) is 4.27. The molecule has 0 N–H and O–H groups in total. The Morgan fingerprint density at radius 1 is 1.00 bits per heavy atom. The number of carbonyl (C=O) groups is 2. The van der Waals surface area contributed by atoms with Gasteiger partial charge in [0, 0.05) is 55.9 Å². The Morgan fingerprint density at radius 2 is 1.71 bits per heavy atom. The predicted octanol–water partition coefficient (Wildman–Crippen LogP) is 3.27. The number of piperazine rings is 1. The zero-order valence-corrected chi connectivity index (χ0v) is 16.9. The third-order valence-electron chi connectivity index (χ3n) is 5.70. The molecule has 28 heavy (non-hydrogen) atoms. The summed E-state index contributed by atoms with van der Waals surface area (Å²) >= 11 is 6.16. The maximum absolute atomic E-state index is 13.2. The van der Waals surface area contributed by atoms with Crippen molar-refractivity contribution < 1.29 is 9.59 Å². The summed E-state index contributed by atoms with van der Waals surface area (Å²) in [6.45, 7) is 6.40. The van der Waals surface area contributed by atoms with E-state index in [0.717, 1.165) is 35.1 Å². The highest BCUT2D eigenvalue weighted by Gasteiger charge is 2.39. The van der Waals surface area contributed by atoms with E-state index in [1.165, 1.54) is 12.5 Å². The van der Waals surface area contributed by atoms with Gasteiger partial charge in [0.05, 0.1) is 0 Å². The highest BCUT2D eigenvalue weighted by molar-refractivity contribution is 6.30. The summed E-state index contributed by atoms with van der Waals surface area (Å²) < 4.78 is 0. The second kappa shape index (κ2) is 7.47. The van der Waals surface area contributed by atoms with Gasteiger partial charge in [0.2, 0.25) is 11.8 Å². The molecule has 2 aromatic carbocycles. The Balaban J connectivity index is 1.47. The number of hydrogen-bond donors (Lipinski definition) is 0. The zero-order valence-electron chi connectivity index (χ0n) is 16.2. The van der Waals surface area contributed by atoms with Gasteiger partial charge in [-0.25, -0.2) is 0 Å². The lowest BCUT2D eigenvalue weighted by molar-refractivity contribution is -0.134. The molecular formula is C22H24ClN3O2. The van der Waals surface area contributed by atoms with Crippen molar-refractivity contribution in [2.24, 2.45) is 0 Å². The summed E-state index contributed by atoms with van der Waals surface area (Å²) in [4.78, 5) is 31.3. The number of para-hydroxylation sites is 1. The highest BCUT2D eigenvalue weighted by atomic mass is 35.5. The number of hydrogen-bond acceptors (Lipinski definition) is 3. The maximum atomic E-state index is 13.2. The first-order chi connectivity index (χ1) is 13.5. The van der Waals surface area contributed by atoms with Crippen molar-refractivity contribution in [3.8, 4) is 0 Å². The van der Waals surface area contributed by atoms with Gasteiger partial charge in [0.1, 0.15) is 6.04 Å². The minimum absolute atomic E-state index is 0.0360. The molecule has 1 saturated heterocycles. The molecule has 2 aromatic rings. The first-order valence-electron chi connectivity index (χ1n) is 9.63. The summed E-state index contributed by atoms with van der Waals surface area (Å²) in [7, 11) is 0. The van der Waals surface area contributed by atoms with E-state index < -0.39 is 6.04 Å². The van der Waals surface area contributed by atoms with E-state index >= 15 is 0 Å². The second-order valence-electron chi connectivity index (χ2n) is 7.48. The van der Waals surface area contributed by atoms with Crippen molar-refractivity contribution in [2.75, 3.05) is 36.0 Å². The van der Waals surface area contributed by atoms with E-state index in [-0.39, 0.29) is 11.8 Å². The van der Waals surface area contributed by atoms with E-state index in [1.807, 2.05) is 47.4 Å². The molecule has 0 radical (unpaired) electrons. The summed E-state index contributed by atoms with van der Waals surface area (Å²) in [5, 5.41) is 0.722. The van der Waals surface area contributed by atoms with Gasteiger partial charge in [-0.3, -0.25) is 14.5 Å². The highest BCUT2D eigenvalue weighted by Crippen LogP contribution is 2.33. The molecule has 0 spiro atoms. The molecule has 6 heteroatoms. The third-order valence-corrected chi connectivity index (χ3v) is 5.94. The van der Waals surface area contributed by atoms with Crippen LogP contribution in [0.3, 0.4) is 0 Å². The van der Waals surface area contributed by atoms with Crippen molar-refractivity contribution in [3.05, 3.63) is 58.6 Å². The van der Waals surface area contributed by atoms with E-state index in [4.69, 9.17) is 11.6 Å². The minimum atomic E-state index is -0.436. The van der Waals surface area contributed by atoms with Crippen LogP contribution in [-0.4, -0.2) is 48.9 Å². The molecule has 2 aliphatic rings. The molecule has 0 unspecified atom stereocenters. The third kappa shape index (κ3) is 3.35. The van der Waals surface area contributed by atoms with Crippen molar-refractivity contribution in [3.63, 3.8) is 0 Å². The van der Waals surface area contributed by atoms with Crippen molar-refractivity contribution in [2.45, 2.75) is 26.3 Å². The van der Waals surface area contributed by atoms with E-state index in [0.29, 0.717) is 19.5 Å². The van der Waals surface area contributed by atoms with Crippen LogP contribution < -0.4 is 9.80 Å². The molecule has 2 aliphatic heterocycles. The second-order valence-corrected chi connectivity index (χ2v) is 7.92. The summed E-state index contributed by atoms with van der Waals surface area (Å²) in [5.41, 5.74) is 4.22. The van der Waals surface area contributed by atoms with Crippen LogP contribution in [0, 0.1) is 6.92 Å². The number of nitrogens with zero attached hydrogens (tertiary/aromatic N) is 3. The standard InChI is InChI=1S/C22H24ClN3O2/c1-15-7-8-18(23)14-20(15)24-9-11-25(12-10-24)22(28)21-13-17-5-3-4-6-19(17)26(21)16(2)27/h3-8,14,21H,9-13H2,1-2H3/t21-/m1/s1. The normalized spacial score (nSPS) is 19.0. The number of aryl methyl sites for hydroxylation is 1. The lowest BCUT2D eigenvalue weighted by Crippen LogP contribution is -2.55. The maximum Gasteiger partial charge on any atom is 0.246 e. The summed E-state index contributed by atoms with van der Waals surface area (Å²) in [6.07, 6.45) is 0.586. The Hall–Kier alpha value is -2.53. The van der Waals surface area contributed by atoms with Crippen molar-refractivity contribution in [1.29, 1.82) is 0 Å². The van der Waals surface area contributed by atoms with Gasteiger partial charge in [0.25, 0.3) is 0 Å². The average Bonchev–Trinajstić information content (AvgIpc) is 3.09. The molecule has 4 rings (SSSR count). The number of carbonyl (C=O) groups excluding carboxylic acids is 2. The number of rotatable bonds is 2. The van der Waals surface area contributed by atoms with Gasteiger partial charge >= 0.3 is 0 Å². The summed E-state index contributed by atoms with van der Waals surface area (Å²) in [5.74, 6) is -0.0506. The van der Waals surface area contributed by atoms with E-state index in [2.05, 4.69) is 11.8 Å². The van der Waals surface area contributed by atoms with Crippen molar-refractivity contribution in [1.82, 2.24) is 4.90 Å². The molecule has 2 heterocycles. The number of fused-ring (bicyclic) bond motifs is 1. The van der Waals surface area contributed by atoms with E-state index in [9.17, 15) is 9.59 Å². The van der Waals surface area contributed by atoms with Crippen LogP contribution in [0.15, 0.2) is 42.5 Å². The largest absolute Gasteiger partial charge is 0.368 e. The van der Waals surface area contributed by atoms with Crippen LogP contribution in [0.5, 0.6) is 0 Å². The van der Waals surface area contributed by atoms with Crippen LogP contribution in [-0.2, 0) is 16.0 Å². The monoisotopic (exact) mass is 397 g/mol.